The van der Waals surface area contributed by atoms with Gasteiger partial charge in [0.2, 0.25) is 0 Å². The standard InChI is InChI=1S/C21H25N5O3/c1-15-18(13-25(2)24-15)21(27)26-9-11-29-20(14-26)19-12-16(22-23-19)8-10-28-17-6-4-3-5-7-17/h3-7,12-13,20H,8-11,14H2,1-2H3,(H,22,23)/t20-/m1/s1. The zero-order valence-electron chi connectivity index (χ0n) is 16.7. The molecule has 1 aliphatic rings. The predicted molar refractivity (Wildman–Crippen MR) is 107 cm³/mol. The number of para-hydroxylation sites is 1. The molecule has 2 aromatic heterocycles. The molecule has 3 heterocycles. The molecule has 1 N–H and O–H groups in total. The summed E-state index contributed by atoms with van der Waals surface area (Å²) in [5, 5.41) is 11.7. The van der Waals surface area contributed by atoms with Gasteiger partial charge in [0.1, 0.15) is 11.9 Å². The van der Waals surface area contributed by atoms with Gasteiger partial charge in [-0.3, -0.25) is 14.6 Å². The molecule has 0 aliphatic carbocycles. The fourth-order valence-electron chi connectivity index (χ4n) is 3.46. The molecule has 0 unspecified atom stereocenters. The van der Waals surface area contributed by atoms with Gasteiger partial charge in [0.15, 0.2) is 0 Å². The van der Waals surface area contributed by atoms with E-state index in [1.165, 1.54) is 0 Å². The van der Waals surface area contributed by atoms with Crippen LogP contribution in [-0.4, -0.2) is 57.1 Å². The van der Waals surface area contributed by atoms with Crippen LogP contribution in [-0.2, 0) is 18.2 Å². The molecule has 1 aromatic carbocycles. The minimum absolute atomic E-state index is 0.0177. The number of morpholine rings is 1. The Morgan fingerprint density at radius 3 is 2.93 bits per heavy atom. The van der Waals surface area contributed by atoms with Crippen molar-refractivity contribution in [3.63, 3.8) is 0 Å². The minimum Gasteiger partial charge on any atom is -0.493 e. The van der Waals surface area contributed by atoms with E-state index in [0.29, 0.717) is 38.3 Å². The van der Waals surface area contributed by atoms with Gasteiger partial charge in [0.25, 0.3) is 5.91 Å². The molecule has 8 heteroatoms. The van der Waals surface area contributed by atoms with Crippen molar-refractivity contribution < 1.29 is 14.3 Å². The van der Waals surface area contributed by atoms with Gasteiger partial charge in [0.05, 0.1) is 36.7 Å². The number of hydrogen-bond donors (Lipinski definition) is 1. The molecule has 0 saturated carbocycles. The van der Waals surface area contributed by atoms with E-state index in [4.69, 9.17) is 9.47 Å². The fourth-order valence-corrected chi connectivity index (χ4v) is 3.46. The molecular formula is C21H25N5O3. The van der Waals surface area contributed by atoms with E-state index in [0.717, 1.165) is 22.8 Å². The normalized spacial score (nSPS) is 16.8. The van der Waals surface area contributed by atoms with Gasteiger partial charge < -0.3 is 14.4 Å². The van der Waals surface area contributed by atoms with E-state index in [-0.39, 0.29) is 12.0 Å². The quantitative estimate of drug-likeness (QED) is 0.692. The minimum atomic E-state index is -0.246. The first-order valence-corrected chi connectivity index (χ1v) is 9.73. The van der Waals surface area contributed by atoms with Crippen LogP contribution >= 0.6 is 0 Å². The molecule has 0 radical (unpaired) electrons. The largest absolute Gasteiger partial charge is 0.493 e. The Morgan fingerprint density at radius 2 is 2.17 bits per heavy atom. The zero-order valence-corrected chi connectivity index (χ0v) is 16.7. The Balaban J connectivity index is 1.35. The van der Waals surface area contributed by atoms with E-state index in [9.17, 15) is 4.79 Å². The second kappa shape index (κ2) is 8.48. The SMILES string of the molecule is Cc1nn(C)cc1C(=O)N1CCO[C@@H](c2cc(CCOc3ccccc3)[nH]n2)C1. The first-order valence-electron chi connectivity index (χ1n) is 9.73. The van der Waals surface area contributed by atoms with Crippen LogP contribution in [0.1, 0.15) is 33.5 Å². The summed E-state index contributed by atoms with van der Waals surface area (Å²) in [6.45, 7) is 3.92. The van der Waals surface area contributed by atoms with Crippen LogP contribution in [0.3, 0.4) is 0 Å². The zero-order chi connectivity index (χ0) is 20.2. The third-order valence-corrected chi connectivity index (χ3v) is 4.96. The van der Waals surface area contributed by atoms with E-state index in [2.05, 4.69) is 15.3 Å². The van der Waals surface area contributed by atoms with Gasteiger partial charge in [-0.1, -0.05) is 18.2 Å². The van der Waals surface area contributed by atoms with Gasteiger partial charge in [-0.2, -0.15) is 10.2 Å². The number of rotatable bonds is 6. The van der Waals surface area contributed by atoms with Crippen LogP contribution in [0.4, 0.5) is 0 Å². The van der Waals surface area contributed by atoms with Crippen LogP contribution in [0.5, 0.6) is 5.75 Å². The van der Waals surface area contributed by atoms with Crippen molar-refractivity contribution >= 4 is 5.91 Å². The lowest BCUT2D eigenvalue weighted by Crippen LogP contribution is -2.42. The second-order valence-electron chi connectivity index (χ2n) is 7.14. The van der Waals surface area contributed by atoms with E-state index >= 15 is 0 Å². The van der Waals surface area contributed by atoms with Gasteiger partial charge in [0, 0.05) is 31.9 Å². The number of carbonyl (C=O) groups excluding carboxylic acids is 1. The molecule has 1 aliphatic heterocycles. The molecule has 1 fully saturated rings. The van der Waals surface area contributed by atoms with Gasteiger partial charge >= 0.3 is 0 Å². The van der Waals surface area contributed by atoms with Crippen LogP contribution in [0, 0.1) is 6.92 Å². The summed E-state index contributed by atoms with van der Waals surface area (Å²) in [6, 6.07) is 11.7. The van der Waals surface area contributed by atoms with Crippen LogP contribution < -0.4 is 4.74 Å². The lowest BCUT2D eigenvalue weighted by atomic mass is 10.1. The molecule has 0 bridgehead atoms. The summed E-state index contributed by atoms with van der Waals surface area (Å²) < 4.78 is 13.3. The maximum absolute atomic E-state index is 12.9. The van der Waals surface area contributed by atoms with Crippen molar-refractivity contribution in [3.8, 4) is 5.75 Å². The summed E-state index contributed by atoms with van der Waals surface area (Å²) in [4.78, 5) is 14.7. The summed E-state index contributed by atoms with van der Waals surface area (Å²) >= 11 is 0. The number of aryl methyl sites for hydroxylation is 2. The molecule has 4 rings (SSSR count). The van der Waals surface area contributed by atoms with Gasteiger partial charge in [-0.05, 0) is 25.1 Å². The van der Waals surface area contributed by atoms with Gasteiger partial charge in [-0.25, -0.2) is 0 Å². The molecule has 8 nitrogen and oxygen atoms in total. The molecule has 1 saturated heterocycles. The fraction of sp³-hybridized carbons (Fsp3) is 0.381. The van der Waals surface area contributed by atoms with E-state index < -0.39 is 0 Å². The van der Waals surface area contributed by atoms with Crippen LogP contribution in [0.15, 0.2) is 42.6 Å². The number of carbonyl (C=O) groups is 1. The Kier molecular flexibility index (Phi) is 5.62. The average molecular weight is 395 g/mol. The Hall–Kier alpha value is -3.13. The van der Waals surface area contributed by atoms with Crippen LogP contribution in [0.2, 0.25) is 0 Å². The Labute approximate surface area is 169 Å². The molecular weight excluding hydrogens is 370 g/mol. The molecule has 1 atom stereocenters. The average Bonchev–Trinajstić information content (AvgIpc) is 3.34. The maximum atomic E-state index is 12.9. The molecule has 1 amide bonds. The number of H-pyrrole nitrogens is 1. The smallest absolute Gasteiger partial charge is 0.257 e. The lowest BCUT2D eigenvalue weighted by molar-refractivity contribution is -0.0247. The number of hydrogen-bond acceptors (Lipinski definition) is 5. The first-order chi connectivity index (χ1) is 14.1. The summed E-state index contributed by atoms with van der Waals surface area (Å²) in [5.41, 5.74) is 3.15. The topological polar surface area (TPSA) is 85.3 Å². The van der Waals surface area contributed by atoms with Crippen molar-refractivity contribution in [2.24, 2.45) is 7.05 Å². The van der Waals surface area contributed by atoms with Crippen molar-refractivity contribution in [1.82, 2.24) is 24.9 Å². The highest BCUT2D eigenvalue weighted by molar-refractivity contribution is 5.95. The van der Waals surface area contributed by atoms with Crippen molar-refractivity contribution in [2.75, 3.05) is 26.3 Å². The first kappa shape index (κ1) is 19.2. The maximum Gasteiger partial charge on any atom is 0.257 e. The predicted octanol–water partition coefficient (Wildman–Crippen LogP) is 2.29. The molecule has 152 valence electrons. The highest BCUT2D eigenvalue weighted by atomic mass is 16.5. The molecule has 29 heavy (non-hydrogen) atoms. The van der Waals surface area contributed by atoms with E-state index in [1.807, 2.05) is 55.3 Å². The third kappa shape index (κ3) is 4.48. The molecule has 3 aromatic rings. The van der Waals surface area contributed by atoms with Crippen molar-refractivity contribution in [2.45, 2.75) is 19.4 Å². The highest BCUT2D eigenvalue weighted by Gasteiger charge is 2.29. The van der Waals surface area contributed by atoms with Crippen molar-refractivity contribution in [1.29, 1.82) is 0 Å². The highest BCUT2D eigenvalue weighted by Crippen LogP contribution is 2.23. The number of aromatic amines is 1. The lowest BCUT2D eigenvalue weighted by Gasteiger charge is -2.32. The number of nitrogens with one attached hydrogen (secondary N) is 1. The second-order valence-corrected chi connectivity index (χ2v) is 7.14. The number of aromatic nitrogens is 4. The summed E-state index contributed by atoms with van der Waals surface area (Å²) in [5.74, 6) is 0.832. The number of benzene rings is 1. The Morgan fingerprint density at radius 1 is 1.34 bits per heavy atom. The summed E-state index contributed by atoms with van der Waals surface area (Å²) in [6.07, 6.45) is 2.23. The third-order valence-electron chi connectivity index (χ3n) is 4.96. The van der Waals surface area contributed by atoms with Crippen LogP contribution in [0.25, 0.3) is 0 Å². The number of amides is 1. The van der Waals surface area contributed by atoms with E-state index in [1.54, 1.807) is 10.9 Å². The number of ether oxygens (including phenoxy) is 2. The van der Waals surface area contributed by atoms with Crippen molar-refractivity contribution in [3.05, 3.63) is 65.2 Å². The van der Waals surface area contributed by atoms with Gasteiger partial charge in [-0.15, -0.1) is 0 Å². The monoisotopic (exact) mass is 395 g/mol. The number of nitrogens with zero attached hydrogens (tertiary/aromatic N) is 4. The molecule has 0 spiro atoms. The summed E-state index contributed by atoms with van der Waals surface area (Å²) in [7, 11) is 1.82. The Bertz CT molecular complexity index is 966.